The van der Waals surface area contributed by atoms with Crippen molar-refractivity contribution in [2.45, 2.75) is 62.4 Å². The number of aromatic nitrogens is 2. The maximum atomic E-state index is 13.4. The van der Waals surface area contributed by atoms with E-state index in [0.29, 0.717) is 28.0 Å². The molecule has 3 aromatic rings. The molecule has 1 amide bonds. The summed E-state index contributed by atoms with van der Waals surface area (Å²) < 4.78 is 1.63. The summed E-state index contributed by atoms with van der Waals surface area (Å²) in [4.78, 5) is 30.6. The number of amides is 1. The number of hydrogen-bond acceptors (Lipinski definition) is 4. The molecule has 5 nitrogen and oxygen atoms in total. The lowest BCUT2D eigenvalue weighted by molar-refractivity contribution is -0.120. The van der Waals surface area contributed by atoms with E-state index in [9.17, 15) is 9.59 Å². The van der Waals surface area contributed by atoms with Gasteiger partial charge in [0.15, 0.2) is 5.16 Å². The monoisotopic (exact) mass is 421 g/mol. The van der Waals surface area contributed by atoms with E-state index in [1.54, 1.807) is 10.6 Å². The molecule has 1 aromatic heterocycles. The average Bonchev–Trinajstić information content (AvgIpc) is 3.57. The number of benzene rings is 2. The van der Waals surface area contributed by atoms with Crippen molar-refractivity contribution in [1.29, 1.82) is 0 Å². The second kappa shape index (κ2) is 8.64. The van der Waals surface area contributed by atoms with E-state index in [1.165, 1.54) is 17.3 Å². The maximum Gasteiger partial charge on any atom is 0.266 e. The first-order valence-electron chi connectivity index (χ1n) is 10.6. The van der Waals surface area contributed by atoms with Gasteiger partial charge in [0.2, 0.25) is 5.91 Å². The first-order chi connectivity index (χ1) is 14.5. The number of fused-ring (bicyclic) bond motifs is 1. The third-order valence-electron chi connectivity index (χ3n) is 5.65. The number of nitrogens with zero attached hydrogens (tertiary/aromatic N) is 2. The van der Waals surface area contributed by atoms with Gasteiger partial charge >= 0.3 is 0 Å². The van der Waals surface area contributed by atoms with Crippen LogP contribution in [-0.2, 0) is 4.79 Å². The van der Waals surface area contributed by atoms with E-state index in [4.69, 9.17) is 4.98 Å². The van der Waals surface area contributed by atoms with Gasteiger partial charge in [-0.3, -0.25) is 14.2 Å². The molecule has 2 aromatic carbocycles. The van der Waals surface area contributed by atoms with Gasteiger partial charge in [0.1, 0.15) is 0 Å². The Bertz CT molecular complexity index is 1120. The van der Waals surface area contributed by atoms with Crippen LogP contribution in [0.5, 0.6) is 0 Å². The highest BCUT2D eigenvalue weighted by Crippen LogP contribution is 2.27. The highest BCUT2D eigenvalue weighted by atomic mass is 32.2. The molecular formula is C24H27N3O2S. The van der Waals surface area contributed by atoms with E-state index >= 15 is 0 Å². The smallest absolute Gasteiger partial charge is 0.266 e. The highest BCUT2D eigenvalue weighted by Gasteiger charge is 2.27. The van der Waals surface area contributed by atoms with Crippen LogP contribution in [0.3, 0.4) is 0 Å². The molecule has 1 fully saturated rings. The molecule has 0 saturated heterocycles. The second-order valence-corrected chi connectivity index (χ2v) is 9.30. The third kappa shape index (κ3) is 4.29. The lowest BCUT2D eigenvalue weighted by Gasteiger charge is -2.17. The van der Waals surface area contributed by atoms with Gasteiger partial charge in [0, 0.05) is 6.04 Å². The number of carbonyl (C=O) groups is 1. The lowest BCUT2D eigenvalue weighted by Crippen LogP contribution is -2.33. The first-order valence-corrected chi connectivity index (χ1v) is 11.4. The van der Waals surface area contributed by atoms with Crippen molar-refractivity contribution in [1.82, 2.24) is 14.9 Å². The zero-order valence-electron chi connectivity index (χ0n) is 17.6. The molecule has 0 bridgehead atoms. The summed E-state index contributed by atoms with van der Waals surface area (Å²) in [5, 5.41) is 3.80. The van der Waals surface area contributed by atoms with Crippen molar-refractivity contribution >= 4 is 28.6 Å². The molecule has 1 aliphatic rings. The first kappa shape index (κ1) is 20.7. The van der Waals surface area contributed by atoms with E-state index in [-0.39, 0.29) is 16.7 Å². The molecule has 4 rings (SSSR count). The molecule has 6 heteroatoms. The van der Waals surface area contributed by atoms with Gasteiger partial charge in [-0.05, 0) is 61.9 Å². The van der Waals surface area contributed by atoms with Gasteiger partial charge < -0.3 is 5.32 Å². The fourth-order valence-electron chi connectivity index (χ4n) is 3.36. The Morgan fingerprint density at radius 2 is 1.87 bits per heavy atom. The molecule has 0 aliphatic heterocycles. The second-order valence-electron chi connectivity index (χ2n) is 8.00. The number of rotatable bonds is 7. The highest BCUT2D eigenvalue weighted by molar-refractivity contribution is 8.00. The van der Waals surface area contributed by atoms with Crippen LogP contribution in [0.25, 0.3) is 16.6 Å². The SMILES string of the molecule is CC[C@H](C)c1ccc(-n2c(S[C@H](C)C(=O)NC3CC3)nc3ccccc3c2=O)cc1. The largest absolute Gasteiger partial charge is 0.352 e. The van der Waals surface area contributed by atoms with Gasteiger partial charge in [0.25, 0.3) is 5.56 Å². The Labute approximate surface area is 180 Å². The fraction of sp³-hybridized carbons (Fsp3) is 0.375. The molecule has 1 N–H and O–H groups in total. The molecule has 156 valence electrons. The van der Waals surface area contributed by atoms with Crippen molar-refractivity contribution in [2.75, 3.05) is 0 Å². The van der Waals surface area contributed by atoms with Gasteiger partial charge in [-0.25, -0.2) is 4.98 Å². The molecule has 0 spiro atoms. The molecule has 30 heavy (non-hydrogen) atoms. The topological polar surface area (TPSA) is 64.0 Å². The van der Waals surface area contributed by atoms with Crippen LogP contribution in [0.15, 0.2) is 58.5 Å². The molecule has 0 radical (unpaired) electrons. The summed E-state index contributed by atoms with van der Waals surface area (Å²) in [7, 11) is 0. The fourth-order valence-corrected chi connectivity index (χ4v) is 4.30. The summed E-state index contributed by atoms with van der Waals surface area (Å²) in [5.41, 5.74) is 2.54. The van der Waals surface area contributed by atoms with Crippen LogP contribution in [0, 0.1) is 0 Å². The molecular weight excluding hydrogens is 394 g/mol. The van der Waals surface area contributed by atoms with Crippen molar-refractivity contribution in [3.05, 3.63) is 64.4 Å². The van der Waals surface area contributed by atoms with Crippen LogP contribution in [0.2, 0.25) is 0 Å². The summed E-state index contributed by atoms with van der Waals surface area (Å²) in [6.07, 6.45) is 3.15. The van der Waals surface area contributed by atoms with Crippen molar-refractivity contribution < 1.29 is 4.79 Å². The summed E-state index contributed by atoms with van der Waals surface area (Å²) >= 11 is 1.33. The molecule has 1 heterocycles. The van der Waals surface area contributed by atoms with Crippen LogP contribution >= 0.6 is 11.8 Å². The predicted octanol–water partition coefficient (Wildman–Crippen LogP) is 4.66. The van der Waals surface area contributed by atoms with Crippen LogP contribution in [-0.4, -0.2) is 26.8 Å². The zero-order chi connectivity index (χ0) is 21.3. The van der Waals surface area contributed by atoms with Gasteiger partial charge in [-0.15, -0.1) is 0 Å². The average molecular weight is 422 g/mol. The number of hydrogen-bond donors (Lipinski definition) is 1. The normalized spacial score (nSPS) is 15.7. The Kier molecular flexibility index (Phi) is 5.95. The van der Waals surface area contributed by atoms with Gasteiger partial charge in [-0.1, -0.05) is 49.9 Å². The Morgan fingerprint density at radius 1 is 1.17 bits per heavy atom. The standard InChI is InChI=1S/C24H27N3O2S/c1-4-15(2)17-9-13-19(14-10-17)27-23(29)20-7-5-6-8-21(20)26-24(27)30-16(3)22(28)25-18-11-12-18/h5-10,13-16,18H,4,11-12H2,1-3H3,(H,25,28)/t15-,16+/m0/s1. The van der Waals surface area contributed by atoms with E-state index in [1.807, 2.05) is 37.3 Å². The van der Waals surface area contributed by atoms with Crippen LogP contribution < -0.4 is 10.9 Å². The number of carbonyl (C=O) groups excluding carboxylic acids is 1. The van der Waals surface area contributed by atoms with Crippen molar-refractivity contribution in [3.8, 4) is 5.69 Å². The van der Waals surface area contributed by atoms with Crippen LogP contribution in [0.4, 0.5) is 0 Å². The van der Waals surface area contributed by atoms with E-state index < -0.39 is 0 Å². The number of nitrogens with one attached hydrogen (secondary N) is 1. The quantitative estimate of drug-likeness (QED) is 0.445. The van der Waals surface area contributed by atoms with E-state index in [0.717, 1.165) is 24.9 Å². The zero-order valence-corrected chi connectivity index (χ0v) is 18.4. The van der Waals surface area contributed by atoms with Crippen molar-refractivity contribution in [2.24, 2.45) is 0 Å². The minimum Gasteiger partial charge on any atom is -0.352 e. The molecule has 0 unspecified atom stereocenters. The predicted molar refractivity (Wildman–Crippen MR) is 123 cm³/mol. The lowest BCUT2D eigenvalue weighted by atomic mass is 9.98. The summed E-state index contributed by atoms with van der Waals surface area (Å²) in [6.45, 7) is 6.22. The van der Waals surface area contributed by atoms with Crippen LogP contribution in [0.1, 0.15) is 51.5 Å². The Morgan fingerprint density at radius 3 is 2.53 bits per heavy atom. The Hall–Kier alpha value is -2.60. The van der Waals surface area contributed by atoms with Gasteiger partial charge in [-0.2, -0.15) is 0 Å². The summed E-state index contributed by atoms with van der Waals surface area (Å²) in [5.74, 6) is 0.453. The molecule has 1 aliphatic carbocycles. The van der Waals surface area contributed by atoms with E-state index in [2.05, 4.69) is 31.3 Å². The van der Waals surface area contributed by atoms with Crippen molar-refractivity contribution in [3.63, 3.8) is 0 Å². The Balaban J connectivity index is 1.76. The minimum absolute atomic E-state index is 0.0106. The number of para-hydroxylation sites is 1. The maximum absolute atomic E-state index is 13.4. The third-order valence-corrected chi connectivity index (χ3v) is 6.71. The molecule has 1 saturated carbocycles. The number of thioether (sulfide) groups is 1. The van der Waals surface area contributed by atoms with Gasteiger partial charge in [0.05, 0.1) is 21.8 Å². The summed E-state index contributed by atoms with van der Waals surface area (Å²) in [6, 6.07) is 15.7. The molecule has 2 atom stereocenters. The minimum atomic E-state index is -0.343.